The summed E-state index contributed by atoms with van der Waals surface area (Å²) in [6, 6.07) is 0.733. The first kappa shape index (κ1) is 18.0. The van der Waals surface area contributed by atoms with Crippen LogP contribution in [0.1, 0.15) is 39.0 Å². The Balaban J connectivity index is 1.78. The Kier molecular flexibility index (Phi) is 5.73. The normalized spacial score (nSPS) is 29.1. The van der Waals surface area contributed by atoms with Crippen LogP contribution in [0.4, 0.5) is 13.2 Å². The predicted octanol–water partition coefficient (Wildman–Crippen LogP) is 1.63. The Bertz CT molecular complexity index is 462. The van der Waals surface area contributed by atoms with Gasteiger partial charge in [0, 0.05) is 25.2 Å². The van der Waals surface area contributed by atoms with E-state index in [-0.39, 0.29) is 19.1 Å². The molecule has 2 N–H and O–H groups in total. The van der Waals surface area contributed by atoms with Gasteiger partial charge in [0.05, 0.1) is 0 Å². The molecule has 0 spiro atoms. The quantitative estimate of drug-likeness (QED) is 0.798. The van der Waals surface area contributed by atoms with Crippen LogP contribution in [0.25, 0.3) is 0 Å². The van der Waals surface area contributed by atoms with Crippen LogP contribution in [0.2, 0.25) is 0 Å². The first-order valence-corrected chi connectivity index (χ1v) is 9.19. The SMILES string of the molecule is C[C@H]1CCC[C@H]1NC1CCN(S(=O)(=O)NCC(F)(F)F)CC1. The molecule has 0 bridgehead atoms. The molecule has 2 rings (SSSR count). The van der Waals surface area contributed by atoms with Gasteiger partial charge in [-0.25, -0.2) is 0 Å². The van der Waals surface area contributed by atoms with Crippen LogP contribution in [-0.4, -0.2) is 50.6 Å². The molecule has 1 saturated carbocycles. The molecule has 0 amide bonds. The van der Waals surface area contributed by atoms with Crippen molar-refractivity contribution in [2.75, 3.05) is 19.6 Å². The van der Waals surface area contributed by atoms with Crippen molar-refractivity contribution >= 4 is 10.2 Å². The van der Waals surface area contributed by atoms with Crippen molar-refractivity contribution in [1.29, 1.82) is 0 Å². The van der Waals surface area contributed by atoms with Gasteiger partial charge in [-0.2, -0.15) is 30.6 Å². The van der Waals surface area contributed by atoms with Gasteiger partial charge in [0.2, 0.25) is 0 Å². The fraction of sp³-hybridized carbons (Fsp3) is 1.00. The van der Waals surface area contributed by atoms with Gasteiger partial charge in [-0.1, -0.05) is 13.3 Å². The summed E-state index contributed by atoms with van der Waals surface area (Å²) in [5, 5.41) is 3.57. The topological polar surface area (TPSA) is 61.4 Å². The van der Waals surface area contributed by atoms with Gasteiger partial charge in [-0.3, -0.25) is 0 Å². The molecule has 1 heterocycles. The Morgan fingerprint density at radius 3 is 2.27 bits per heavy atom. The zero-order chi connectivity index (χ0) is 16.4. The Morgan fingerprint density at radius 2 is 1.77 bits per heavy atom. The van der Waals surface area contributed by atoms with Gasteiger partial charge in [-0.15, -0.1) is 0 Å². The smallest absolute Gasteiger partial charge is 0.311 e. The molecular weight excluding hydrogens is 319 g/mol. The maximum Gasteiger partial charge on any atom is 0.402 e. The number of hydrogen-bond donors (Lipinski definition) is 2. The number of nitrogens with zero attached hydrogens (tertiary/aromatic N) is 1. The van der Waals surface area contributed by atoms with E-state index in [0.29, 0.717) is 24.8 Å². The van der Waals surface area contributed by atoms with Crippen LogP contribution in [0.3, 0.4) is 0 Å². The number of halogens is 3. The monoisotopic (exact) mass is 343 g/mol. The molecule has 130 valence electrons. The van der Waals surface area contributed by atoms with Crippen molar-refractivity contribution in [3.05, 3.63) is 0 Å². The van der Waals surface area contributed by atoms with E-state index >= 15 is 0 Å². The van der Waals surface area contributed by atoms with E-state index in [0.717, 1.165) is 10.7 Å². The average Bonchev–Trinajstić information content (AvgIpc) is 2.82. The lowest BCUT2D eigenvalue weighted by Crippen LogP contribution is -2.51. The Morgan fingerprint density at radius 1 is 1.14 bits per heavy atom. The highest BCUT2D eigenvalue weighted by Crippen LogP contribution is 2.26. The highest BCUT2D eigenvalue weighted by molar-refractivity contribution is 7.87. The number of hydrogen-bond acceptors (Lipinski definition) is 3. The van der Waals surface area contributed by atoms with Crippen LogP contribution in [0.5, 0.6) is 0 Å². The van der Waals surface area contributed by atoms with Gasteiger partial charge in [0.15, 0.2) is 0 Å². The van der Waals surface area contributed by atoms with Crippen LogP contribution >= 0.6 is 0 Å². The summed E-state index contributed by atoms with van der Waals surface area (Å²) in [6.45, 7) is 1.20. The number of piperidine rings is 1. The molecule has 9 heteroatoms. The minimum absolute atomic E-state index is 0.250. The second-order valence-corrected chi connectivity index (χ2v) is 8.05. The van der Waals surface area contributed by atoms with E-state index in [4.69, 9.17) is 0 Å². The summed E-state index contributed by atoms with van der Waals surface area (Å²) in [5.41, 5.74) is 0. The standard InChI is InChI=1S/C13H24F3N3O2S/c1-10-3-2-4-12(10)18-11-5-7-19(8-6-11)22(20,21)17-9-13(14,15)16/h10-12,17-18H,2-9H2,1H3/t10-,12+/m0/s1. The van der Waals surface area contributed by atoms with Gasteiger partial charge in [0.1, 0.15) is 6.54 Å². The third kappa shape index (κ3) is 5.07. The molecule has 1 aliphatic heterocycles. The van der Waals surface area contributed by atoms with Gasteiger partial charge in [0.25, 0.3) is 10.2 Å². The van der Waals surface area contributed by atoms with Crippen molar-refractivity contribution in [3.8, 4) is 0 Å². The molecule has 2 fully saturated rings. The van der Waals surface area contributed by atoms with Gasteiger partial charge < -0.3 is 5.32 Å². The van der Waals surface area contributed by atoms with Gasteiger partial charge >= 0.3 is 6.18 Å². The molecule has 0 aromatic heterocycles. The third-order valence-electron chi connectivity index (χ3n) is 4.56. The Labute approximate surface area is 129 Å². The fourth-order valence-electron chi connectivity index (χ4n) is 3.22. The molecule has 0 radical (unpaired) electrons. The fourth-order valence-corrected chi connectivity index (χ4v) is 4.44. The maximum absolute atomic E-state index is 12.1. The number of rotatable bonds is 5. The van der Waals surface area contributed by atoms with Gasteiger partial charge in [-0.05, 0) is 31.6 Å². The van der Waals surface area contributed by atoms with Crippen molar-refractivity contribution in [3.63, 3.8) is 0 Å². The zero-order valence-corrected chi connectivity index (χ0v) is 13.5. The summed E-state index contributed by atoms with van der Waals surface area (Å²) in [4.78, 5) is 0. The second-order valence-electron chi connectivity index (χ2n) is 6.30. The predicted molar refractivity (Wildman–Crippen MR) is 77.5 cm³/mol. The highest BCUT2D eigenvalue weighted by Gasteiger charge is 2.34. The Hall–Kier alpha value is -0.380. The van der Waals surface area contributed by atoms with Crippen molar-refractivity contribution in [2.24, 2.45) is 5.92 Å². The molecule has 0 aromatic carbocycles. The number of alkyl halides is 3. The molecule has 1 aliphatic carbocycles. The second kappa shape index (κ2) is 7.02. The lowest BCUT2D eigenvalue weighted by atomic mass is 10.0. The van der Waals surface area contributed by atoms with Crippen LogP contribution in [-0.2, 0) is 10.2 Å². The molecular formula is C13H24F3N3O2S. The minimum atomic E-state index is -4.54. The van der Waals surface area contributed by atoms with E-state index < -0.39 is 22.9 Å². The van der Waals surface area contributed by atoms with E-state index in [2.05, 4.69) is 12.2 Å². The van der Waals surface area contributed by atoms with Crippen LogP contribution < -0.4 is 10.0 Å². The van der Waals surface area contributed by atoms with Crippen LogP contribution in [0, 0.1) is 5.92 Å². The summed E-state index contributed by atoms with van der Waals surface area (Å²) < 4.78 is 62.8. The van der Waals surface area contributed by atoms with E-state index in [1.807, 2.05) is 0 Å². The largest absolute Gasteiger partial charge is 0.402 e. The summed E-state index contributed by atoms with van der Waals surface area (Å²) in [7, 11) is -4.04. The highest BCUT2D eigenvalue weighted by atomic mass is 32.2. The minimum Gasteiger partial charge on any atom is -0.311 e. The maximum atomic E-state index is 12.1. The van der Waals surface area contributed by atoms with E-state index in [1.165, 1.54) is 12.8 Å². The van der Waals surface area contributed by atoms with Crippen LogP contribution in [0.15, 0.2) is 0 Å². The zero-order valence-electron chi connectivity index (χ0n) is 12.7. The van der Waals surface area contributed by atoms with Crippen molar-refractivity contribution in [2.45, 2.75) is 57.3 Å². The van der Waals surface area contributed by atoms with E-state index in [9.17, 15) is 21.6 Å². The number of nitrogens with one attached hydrogen (secondary N) is 2. The third-order valence-corrected chi connectivity index (χ3v) is 6.11. The van der Waals surface area contributed by atoms with E-state index in [1.54, 1.807) is 4.72 Å². The summed E-state index contributed by atoms with van der Waals surface area (Å²) in [5.74, 6) is 0.634. The lowest BCUT2D eigenvalue weighted by molar-refractivity contribution is -0.121. The van der Waals surface area contributed by atoms with Crippen molar-refractivity contribution in [1.82, 2.24) is 14.3 Å². The molecule has 5 nitrogen and oxygen atoms in total. The summed E-state index contributed by atoms with van der Waals surface area (Å²) >= 11 is 0. The first-order chi connectivity index (χ1) is 10.2. The molecule has 2 atom stereocenters. The molecule has 0 unspecified atom stereocenters. The first-order valence-electron chi connectivity index (χ1n) is 7.75. The summed E-state index contributed by atoms with van der Waals surface area (Å²) in [6.07, 6.45) is 0.310. The lowest BCUT2D eigenvalue weighted by Gasteiger charge is -2.34. The average molecular weight is 343 g/mol. The molecule has 2 aliphatic rings. The molecule has 1 saturated heterocycles. The molecule has 0 aromatic rings. The molecule has 22 heavy (non-hydrogen) atoms. The van der Waals surface area contributed by atoms with Crippen molar-refractivity contribution < 1.29 is 21.6 Å².